The maximum absolute atomic E-state index is 11.7. The van der Waals surface area contributed by atoms with E-state index in [4.69, 9.17) is 0 Å². The molecule has 1 amide bonds. The second-order valence-corrected chi connectivity index (χ2v) is 3.96. The van der Waals surface area contributed by atoms with Crippen molar-refractivity contribution in [3.05, 3.63) is 24.3 Å². The van der Waals surface area contributed by atoms with E-state index in [1.165, 1.54) is 25.2 Å². The number of rotatable bonds is 6. The molecule has 0 saturated heterocycles. The van der Waals surface area contributed by atoms with Crippen LogP contribution in [-0.2, 0) is 0 Å². The fourth-order valence-corrected chi connectivity index (χ4v) is 1.49. The summed E-state index contributed by atoms with van der Waals surface area (Å²) in [6.45, 7) is 4.19. The molecule has 0 spiro atoms. The van der Waals surface area contributed by atoms with Gasteiger partial charge in [-0.05, 0) is 13.3 Å². The van der Waals surface area contributed by atoms with Crippen LogP contribution < -0.4 is 5.32 Å². The normalized spacial score (nSPS) is 12.1. The standard InChI is InChI=1S/C12H19N3O/c1-3-4-5-6-10(2)15-12(16)11-9-13-7-8-14-11/h7-10H,3-6H2,1-2H3,(H,15,16). The second-order valence-electron chi connectivity index (χ2n) is 3.96. The van der Waals surface area contributed by atoms with E-state index < -0.39 is 0 Å². The lowest BCUT2D eigenvalue weighted by atomic mass is 10.1. The number of hydrogen-bond donors (Lipinski definition) is 1. The quantitative estimate of drug-likeness (QED) is 0.749. The van der Waals surface area contributed by atoms with E-state index in [9.17, 15) is 4.79 Å². The Morgan fingerprint density at radius 3 is 2.88 bits per heavy atom. The lowest BCUT2D eigenvalue weighted by Crippen LogP contribution is -2.33. The smallest absolute Gasteiger partial charge is 0.271 e. The Bertz CT molecular complexity index is 313. The highest BCUT2D eigenvalue weighted by molar-refractivity contribution is 5.92. The third kappa shape index (κ3) is 4.38. The van der Waals surface area contributed by atoms with Gasteiger partial charge in [-0.3, -0.25) is 9.78 Å². The van der Waals surface area contributed by atoms with E-state index in [1.807, 2.05) is 6.92 Å². The van der Waals surface area contributed by atoms with Gasteiger partial charge in [-0.1, -0.05) is 26.2 Å². The van der Waals surface area contributed by atoms with E-state index in [2.05, 4.69) is 22.2 Å². The predicted octanol–water partition coefficient (Wildman–Crippen LogP) is 2.18. The van der Waals surface area contributed by atoms with Gasteiger partial charge in [0.2, 0.25) is 0 Å². The third-order valence-corrected chi connectivity index (χ3v) is 2.41. The first-order valence-corrected chi connectivity index (χ1v) is 5.81. The lowest BCUT2D eigenvalue weighted by Gasteiger charge is -2.12. The van der Waals surface area contributed by atoms with Gasteiger partial charge in [-0.2, -0.15) is 0 Å². The van der Waals surface area contributed by atoms with Crippen LogP contribution in [0.1, 0.15) is 50.0 Å². The van der Waals surface area contributed by atoms with Crippen molar-refractivity contribution in [1.29, 1.82) is 0 Å². The van der Waals surface area contributed by atoms with Crippen molar-refractivity contribution < 1.29 is 4.79 Å². The molecule has 1 unspecified atom stereocenters. The second kappa shape index (κ2) is 6.93. The molecule has 1 heterocycles. The Morgan fingerprint density at radius 1 is 1.44 bits per heavy atom. The summed E-state index contributed by atoms with van der Waals surface area (Å²) >= 11 is 0. The minimum atomic E-state index is -0.142. The third-order valence-electron chi connectivity index (χ3n) is 2.41. The van der Waals surface area contributed by atoms with Gasteiger partial charge in [-0.15, -0.1) is 0 Å². The van der Waals surface area contributed by atoms with E-state index >= 15 is 0 Å². The fourth-order valence-electron chi connectivity index (χ4n) is 1.49. The molecule has 1 N–H and O–H groups in total. The zero-order valence-corrected chi connectivity index (χ0v) is 9.94. The topological polar surface area (TPSA) is 54.9 Å². The van der Waals surface area contributed by atoms with Crippen LogP contribution >= 0.6 is 0 Å². The number of unbranched alkanes of at least 4 members (excludes halogenated alkanes) is 2. The van der Waals surface area contributed by atoms with E-state index in [-0.39, 0.29) is 11.9 Å². The van der Waals surface area contributed by atoms with Gasteiger partial charge in [0.1, 0.15) is 5.69 Å². The number of amides is 1. The molecule has 1 aromatic heterocycles. The van der Waals surface area contributed by atoms with Crippen molar-refractivity contribution in [3.8, 4) is 0 Å². The number of carbonyl (C=O) groups excluding carboxylic acids is 1. The highest BCUT2D eigenvalue weighted by Gasteiger charge is 2.10. The molecule has 0 aromatic carbocycles. The maximum atomic E-state index is 11.7. The Hall–Kier alpha value is -1.45. The Kier molecular flexibility index (Phi) is 5.46. The van der Waals surface area contributed by atoms with Gasteiger partial charge in [0.25, 0.3) is 5.91 Å². The Labute approximate surface area is 96.5 Å². The zero-order chi connectivity index (χ0) is 11.8. The van der Waals surface area contributed by atoms with E-state index in [0.29, 0.717) is 5.69 Å². The predicted molar refractivity (Wildman–Crippen MR) is 63.1 cm³/mol. The van der Waals surface area contributed by atoms with Crippen LogP contribution in [0.5, 0.6) is 0 Å². The molecule has 16 heavy (non-hydrogen) atoms. The van der Waals surface area contributed by atoms with Crippen LogP contribution in [0.25, 0.3) is 0 Å². The van der Waals surface area contributed by atoms with Crippen molar-refractivity contribution in [2.24, 2.45) is 0 Å². The maximum Gasteiger partial charge on any atom is 0.271 e. The molecule has 0 aliphatic rings. The average molecular weight is 221 g/mol. The van der Waals surface area contributed by atoms with Crippen molar-refractivity contribution in [2.75, 3.05) is 0 Å². The van der Waals surface area contributed by atoms with Crippen LogP contribution in [0.4, 0.5) is 0 Å². The molecule has 1 atom stereocenters. The van der Waals surface area contributed by atoms with Gasteiger partial charge in [0.15, 0.2) is 0 Å². The summed E-state index contributed by atoms with van der Waals surface area (Å²) in [6, 6.07) is 0.195. The van der Waals surface area contributed by atoms with Crippen LogP contribution in [0, 0.1) is 0 Å². The van der Waals surface area contributed by atoms with Gasteiger partial charge < -0.3 is 5.32 Å². The molecular weight excluding hydrogens is 202 g/mol. The summed E-state index contributed by atoms with van der Waals surface area (Å²) in [5, 5.41) is 2.91. The monoisotopic (exact) mass is 221 g/mol. The molecule has 0 aliphatic heterocycles. The van der Waals surface area contributed by atoms with Crippen LogP contribution in [0.15, 0.2) is 18.6 Å². The average Bonchev–Trinajstić information content (AvgIpc) is 2.30. The van der Waals surface area contributed by atoms with Crippen molar-refractivity contribution in [3.63, 3.8) is 0 Å². The first-order chi connectivity index (χ1) is 7.74. The zero-order valence-electron chi connectivity index (χ0n) is 9.94. The van der Waals surface area contributed by atoms with Crippen LogP contribution in [0.2, 0.25) is 0 Å². The Morgan fingerprint density at radius 2 is 2.25 bits per heavy atom. The van der Waals surface area contributed by atoms with Gasteiger partial charge in [0, 0.05) is 18.4 Å². The molecule has 4 heteroatoms. The van der Waals surface area contributed by atoms with Gasteiger partial charge in [-0.25, -0.2) is 4.98 Å². The summed E-state index contributed by atoms with van der Waals surface area (Å²) in [6.07, 6.45) is 9.14. The molecule has 0 saturated carbocycles. The van der Waals surface area contributed by atoms with Gasteiger partial charge >= 0.3 is 0 Å². The van der Waals surface area contributed by atoms with Gasteiger partial charge in [0.05, 0.1) is 6.20 Å². The highest BCUT2D eigenvalue weighted by Crippen LogP contribution is 2.03. The molecule has 0 radical (unpaired) electrons. The lowest BCUT2D eigenvalue weighted by molar-refractivity contribution is 0.0932. The largest absolute Gasteiger partial charge is 0.348 e. The number of carbonyl (C=O) groups is 1. The first kappa shape index (κ1) is 12.6. The summed E-state index contributed by atoms with van der Waals surface area (Å²) in [5.74, 6) is -0.142. The van der Waals surface area contributed by atoms with E-state index in [1.54, 1.807) is 6.20 Å². The SMILES string of the molecule is CCCCCC(C)NC(=O)c1cnccn1. The molecule has 1 aromatic rings. The number of nitrogens with one attached hydrogen (secondary N) is 1. The van der Waals surface area contributed by atoms with Crippen molar-refractivity contribution in [2.45, 2.75) is 45.6 Å². The molecular formula is C12H19N3O. The minimum absolute atomic E-state index is 0.142. The van der Waals surface area contributed by atoms with Crippen LogP contribution in [0.3, 0.4) is 0 Å². The molecule has 88 valence electrons. The van der Waals surface area contributed by atoms with Crippen LogP contribution in [-0.4, -0.2) is 21.9 Å². The van der Waals surface area contributed by atoms with Crippen molar-refractivity contribution >= 4 is 5.91 Å². The Balaban J connectivity index is 2.34. The summed E-state index contributed by atoms with van der Waals surface area (Å²) in [5.41, 5.74) is 0.379. The summed E-state index contributed by atoms with van der Waals surface area (Å²) in [7, 11) is 0. The van der Waals surface area contributed by atoms with E-state index in [0.717, 1.165) is 12.8 Å². The summed E-state index contributed by atoms with van der Waals surface area (Å²) < 4.78 is 0. The van der Waals surface area contributed by atoms with Crippen molar-refractivity contribution in [1.82, 2.24) is 15.3 Å². The highest BCUT2D eigenvalue weighted by atomic mass is 16.1. The first-order valence-electron chi connectivity index (χ1n) is 5.81. The molecule has 0 aliphatic carbocycles. The molecule has 1 rings (SSSR count). The summed E-state index contributed by atoms with van der Waals surface area (Å²) in [4.78, 5) is 19.5. The molecule has 0 bridgehead atoms. The fraction of sp³-hybridized carbons (Fsp3) is 0.583. The number of nitrogens with zero attached hydrogens (tertiary/aromatic N) is 2. The molecule has 4 nitrogen and oxygen atoms in total. The molecule has 0 fully saturated rings. The minimum Gasteiger partial charge on any atom is -0.348 e. The number of hydrogen-bond acceptors (Lipinski definition) is 3. The number of aromatic nitrogens is 2.